The van der Waals surface area contributed by atoms with Crippen molar-refractivity contribution in [1.29, 1.82) is 0 Å². The molecule has 0 aliphatic carbocycles. The Labute approximate surface area is 196 Å². The smallest absolute Gasteiger partial charge is 0.324 e. The number of rotatable bonds is 6. The van der Waals surface area contributed by atoms with Crippen LogP contribution < -0.4 is 10.6 Å². The molecule has 4 rings (SSSR count). The van der Waals surface area contributed by atoms with Crippen LogP contribution in [0.15, 0.2) is 40.6 Å². The van der Waals surface area contributed by atoms with Gasteiger partial charge in [0.2, 0.25) is 15.9 Å². The molecule has 2 fully saturated rings. The van der Waals surface area contributed by atoms with Gasteiger partial charge in [-0.15, -0.1) is 11.3 Å². The Morgan fingerprint density at radius 1 is 1.18 bits per heavy atom. The van der Waals surface area contributed by atoms with Gasteiger partial charge in [0.25, 0.3) is 5.91 Å². The van der Waals surface area contributed by atoms with E-state index in [1.807, 2.05) is 5.38 Å². The highest BCUT2D eigenvalue weighted by Gasteiger charge is 2.50. The molecule has 0 bridgehead atoms. The molecule has 9 nitrogen and oxygen atoms in total. The molecule has 2 saturated heterocycles. The lowest BCUT2D eigenvalue weighted by molar-refractivity contribution is -0.133. The summed E-state index contributed by atoms with van der Waals surface area (Å²) in [6.45, 7) is 3.83. The second-order valence-electron chi connectivity index (χ2n) is 8.41. The van der Waals surface area contributed by atoms with E-state index in [0.29, 0.717) is 29.2 Å². The van der Waals surface area contributed by atoms with E-state index in [4.69, 9.17) is 0 Å². The van der Waals surface area contributed by atoms with E-state index in [1.54, 1.807) is 32.0 Å². The first-order valence-corrected chi connectivity index (χ1v) is 13.0. The topological polar surface area (TPSA) is 116 Å². The Balaban J connectivity index is 1.49. The summed E-state index contributed by atoms with van der Waals surface area (Å²) in [6, 6.07) is 7.48. The minimum atomic E-state index is -3.66. The number of thiophene rings is 1. The Kier molecular flexibility index (Phi) is 6.30. The normalized spacial score (nSPS) is 21.8. The van der Waals surface area contributed by atoms with Gasteiger partial charge in [0, 0.05) is 23.7 Å². The lowest BCUT2D eigenvalue weighted by Gasteiger charge is -2.26. The molecule has 1 atom stereocenters. The maximum atomic E-state index is 13.0. The van der Waals surface area contributed by atoms with Gasteiger partial charge in [-0.1, -0.05) is 18.6 Å². The molecular formula is C22H26N4O5S2. The largest absolute Gasteiger partial charge is 0.325 e. The monoisotopic (exact) mass is 490 g/mol. The second kappa shape index (κ2) is 8.88. The van der Waals surface area contributed by atoms with Crippen molar-refractivity contribution in [3.63, 3.8) is 0 Å². The third kappa shape index (κ3) is 4.40. The van der Waals surface area contributed by atoms with Gasteiger partial charge >= 0.3 is 6.03 Å². The van der Waals surface area contributed by atoms with Crippen LogP contribution in [0.1, 0.15) is 36.6 Å². The maximum Gasteiger partial charge on any atom is 0.325 e. The Morgan fingerprint density at radius 3 is 2.58 bits per heavy atom. The Bertz CT molecular complexity index is 1190. The molecule has 3 heterocycles. The quantitative estimate of drug-likeness (QED) is 0.604. The van der Waals surface area contributed by atoms with Gasteiger partial charge < -0.3 is 10.6 Å². The molecule has 2 aliphatic rings. The highest BCUT2D eigenvalue weighted by Crippen LogP contribution is 2.32. The summed E-state index contributed by atoms with van der Waals surface area (Å²) in [5, 5.41) is 7.13. The standard InChI is InChI=1S/C22H26N4O5S2/c1-15-8-9-16(33(30,31)25-10-4-3-5-11-25)13-17(15)23-19(27)14-26-20(28)22(2,24-21(26)29)18-7-6-12-32-18/h6-9,12-13H,3-5,10-11,14H2,1-2H3,(H,23,27)(H,24,29). The number of urea groups is 1. The summed E-state index contributed by atoms with van der Waals surface area (Å²) >= 11 is 1.34. The highest BCUT2D eigenvalue weighted by atomic mass is 32.2. The van der Waals surface area contributed by atoms with Crippen molar-refractivity contribution in [3.8, 4) is 0 Å². The van der Waals surface area contributed by atoms with Crippen molar-refractivity contribution >= 4 is 44.9 Å². The number of piperidine rings is 1. The maximum absolute atomic E-state index is 13.0. The van der Waals surface area contributed by atoms with E-state index >= 15 is 0 Å². The third-order valence-corrected chi connectivity index (χ3v) is 9.01. The zero-order chi connectivity index (χ0) is 23.8. The molecule has 33 heavy (non-hydrogen) atoms. The highest BCUT2D eigenvalue weighted by molar-refractivity contribution is 7.89. The zero-order valence-electron chi connectivity index (χ0n) is 18.5. The van der Waals surface area contributed by atoms with Crippen LogP contribution in [0.3, 0.4) is 0 Å². The van der Waals surface area contributed by atoms with Crippen LogP contribution in [0.25, 0.3) is 0 Å². The number of benzene rings is 1. The molecule has 1 aromatic carbocycles. The number of hydrogen-bond acceptors (Lipinski definition) is 6. The van der Waals surface area contributed by atoms with Gasteiger partial charge in [-0.2, -0.15) is 4.31 Å². The lowest BCUT2D eigenvalue weighted by atomic mass is 10.0. The van der Waals surface area contributed by atoms with Crippen molar-refractivity contribution in [1.82, 2.24) is 14.5 Å². The lowest BCUT2D eigenvalue weighted by Crippen LogP contribution is -2.41. The number of amides is 4. The van der Waals surface area contributed by atoms with Crippen molar-refractivity contribution < 1.29 is 22.8 Å². The first-order valence-electron chi connectivity index (χ1n) is 10.7. The molecule has 1 aromatic heterocycles. The van der Waals surface area contributed by atoms with E-state index in [2.05, 4.69) is 10.6 Å². The van der Waals surface area contributed by atoms with Crippen LogP contribution in [0, 0.1) is 6.92 Å². The van der Waals surface area contributed by atoms with Gasteiger partial charge in [-0.3, -0.25) is 14.5 Å². The van der Waals surface area contributed by atoms with Crippen LogP contribution in [-0.4, -0.2) is 55.1 Å². The number of hydrogen-bond donors (Lipinski definition) is 2. The summed E-state index contributed by atoms with van der Waals surface area (Å²) in [4.78, 5) is 39.8. The van der Waals surface area contributed by atoms with Gasteiger partial charge in [-0.05, 0) is 55.8 Å². The average Bonchev–Trinajstić information content (AvgIpc) is 3.40. The zero-order valence-corrected chi connectivity index (χ0v) is 20.1. The Morgan fingerprint density at radius 2 is 1.91 bits per heavy atom. The third-order valence-electron chi connectivity index (χ3n) is 6.03. The minimum Gasteiger partial charge on any atom is -0.324 e. The number of nitrogens with zero attached hydrogens (tertiary/aromatic N) is 2. The molecule has 0 spiro atoms. The molecule has 0 radical (unpaired) electrons. The van der Waals surface area contributed by atoms with Gasteiger partial charge in [-0.25, -0.2) is 13.2 Å². The van der Waals surface area contributed by atoms with Crippen molar-refractivity contribution in [2.75, 3.05) is 25.0 Å². The number of carbonyl (C=O) groups is 3. The van der Waals surface area contributed by atoms with E-state index < -0.39 is 40.0 Å². The predicted molar refractivity (Wildman–Crippen MR) is 124 cm³/mol. The van der Waals surface area contributed by atoms with Crippen molar-refractivity contribution in [3.05, 3.63) is 46.2 Å². The summed E-state index contributed by atoms with van der Waals surface area (Å²) < 4.78 is 27.5. The van der Waals surface area contributed by atoms with E-state index in [1.165, 1.54) is 27.8 Å². The van der Waals surface area contributed by atoms with Gasteiger partial charge in [0.15, 0.2) is 5.54 Å². The fourth-order valence-electron chi connectivity index (χ4n) is 4.05. The number of imide groups is 1. The molecule has 2 N–H and O–H groups in total. The van der Waals surface area contributed by atoms with E-state index in [9.17, 15) is 22.8 Å². The van der Waals surface area contributed by atoms with Crippen molar-refractivity contribution in [2.45, 2.75) is 43.5 Å². The average molecular weight is 491 g/mol. The number of anilines is 1. The molecule has 4 amide bonds. The van der Waals surface area contributed by atoms with Gasteiger partial charge in [0.05, 0.1) is 4.90 Å². The first-order chi connectivity index (χ1) is 15.6. The van der Waals surface area contributed by atoms with Crippen LogP contribution >= 0.6 is 11.3 Å². The van der Waals surface area contributed by atoms with Gasteiger partial charge in [0.1, 0.15) is 6.54 Å². The van der Waals surface area contributed by atoms with Crippen LogP contribution in [0.5, 0.6) is 0 Å². The second-order valence-corrected chi connectivity index (χ2v) is 11.3. The first kappa shape index (κ1) is 23.4. The van der Waals surface area contributed by atoms with Crippen LogP contribution in [0.4, 0.5) is 10.5 Å². The molecule has 176 valence electrons. The number of nitrogens with one attached hydrogen (secondary N) is 2. The number of carbonyl (C=O) groups excluding carboxylic acids is 3. The fraction of sp³-hybridized carbons (Fsp3) is 0.409. The van der Waals surface area contributed by atoms with E-state index in [-0.39, 0.29) is 4.90 Å². The molecule has 1 unspecified atom stereocenters. The summed E-state index contributed by atoms with van der Waals surface area (Å²) in [6.07, 6.45) is 2.66. The SMILES string of the molecule is Cc1ccc(S(=O)(=O)N2CCCCC2)cc1NC(=O)CN1C(=O)NC(C)(c2cccs2)C1=O. The van der Waals surface area contributed by atoms with Crippen LogP contribution in [-0.2, 0) is 25.2 Å². The minimum absolute atomic E-state index is 0.102. The Hall–Kier alpha value is -2.76. The van der Waals surface area contributed by atoms with E-state index in [0.717, 1.165) is 24.2 Å². The van der Waals surface area contributed by atoms with Crippen LogP contribution in [0.2, 0.25) is 0 Å². The summed E-state index contributed by atoms with van der Waals surface area (Å²) in [7, 11) is -3.66. The van der Waals surface area contributed by atoms with Crippen molar-refractivity contribution in [2.24, 2.45) is 0 Å². The summed E-state index contributed by atoms with van der Waals surface area (Å²) in [5.74, 6) is -1.10. The molecule has 11 heteroatoms. The molecule has 2 aromatic rings. The predicted octanol–water partition coefficient (Wildman–Crippen LogP) is 2.64. The molecule has 0 saturated carbocycles. The number of sulfonamides is 1. The fourth-order valence-corrected chi connectivity index (χ4v) is 6.43. The summed E-state index contributed by atoms with van der Waals surface area (Å²) in [5.41, 5.74) is -0.225. The number of aryl methyl sites for hydroxylation is 1. The molecule has 2 aliphatic heterocycles. The molecular weight excluding hydrogens is 464 g/mol.